The molecule has 27 heavy (non-hydrogen) atoms. The van der Waals surface area contributed by atoms with Gasteiger partial charge in [0, 0.05) is 38.9 Å². The molecule has 150 valence electrons. The molecular weight excluding hydrogens is 481 g/mol. The lowest BCUT2D eigenvalue weighted by molar-refractivity contribution is 0.299. The van der Waals surface area contributed by atoms with E-state index in [1.54, 1.807) is 0 Å². The molecule has 1 saturated heterocycles. The summed E-state index contributed by atoms with van der Waals surface area (Å²) < 4.78 is 24.9. The van der Waals surface area contributed by atoms with Crippen molar-refractivity contribution in [2.75, 3.05) is 44.2 Å². The first-order valence-corrected chi connectivity index (χ1v) is 10.6. The highest BCUT2D eigenvalue weighted by molar-refractivity contribution is 14.0. The van der Waals surface area contributed by atoms with Gasteiger partial charge < -0.3 is 10.6 Å². The molecule has 2 N–H and O–H groups in total. The van der Waals surface area contributed by atoms with Gasteiger partial charge in [-0.1, -0.05) is 6.07 Å². The molecule has 0 atom stereocenters. The lowest BCUT2D eigenvalue weighted by Crippen LogP contribution is -2.45. The summed E-state index contributed by atoms with van der Waals surface area (Å²) in [7, 11) is -2.83. The number of sulfone groups is 1. The zero-order valence-electron chi connectivity index (χ0n) is 15.3. The lowest BCUT2D eigenvalue weighted by atomic mass is 10.4. The molecule has 0 saturated carbocycles. The standard InChI is InChI=1S/C16H25N7O2S.HI/c1-2-17-16(18-6-8-22-9-11-26(24,25)12-10-22)19-13-15-21-20-14-5-3-4-7-23(14)15;/h3-5,7H,2,6,8-13H2,1H3,(H2,17,18,19);1H. The van der Waals surface area contributed by atoms with Gasteiger partial charge in [-0.25, -0.2) is 13.4 Å². The first kappa shape index (κ1) is 21.8. The van der Waals surface area contributed by atoms with Crippen LogP contribution in [0.25, 0.3) is 5.65 Å². The van der Waals surface area contributed by atoms with Crippen LogP contribution < -0.4 is 10.6 Å². The van der Waals surface area contributed by atoms with Crippen LogP contribution in [0.3, 0.4) is 0 Å². The molecule has 3 heterocycles. The van der Waals surface area contributed by atoms with Crippen LogP contribution in [0.15, 0.2) is 29.4 Å². The van der Waals surface area contributed by atoms with E-state index in [0.29, 0.717) is 32.1 Å². The van der Waals surface area contributed by atoms with E-state index in [1.165, 1.54) is 0 Å². The van der Waals surface area contributed by atoms with Crippen molar-refractivity contribution in [1.82, 2.24) is 30.1 Å². The summed E-state index contributed by atoms with van der Waals surface area (Å²) in [6, 6.07) is 5.77. The second-order valence-corrected chi connectivity index (χ2v) is 8.46. The third kappa shape index (κ3) is 6.28. The topological polar surface area (TPSA) is 104 Å². The molecule has 9 nitrogen and oxygen atoms in total. The molecule has 2 aromatic rings. The Morgan fingerprint density at radius 2 is 2.00 bits per heavy atom. The highest BCUT2D eigenvalue weighted by atomic mass is 127. The molecule has 0 aromatic carbocycles. The van der Waals surface area contributed by atoms with Gasteiger partial charge in [-0.15, -0.1) is 34.2 Å². The van der Waals surface area contributed by atoms with E-state index in [-0.39, 0.29) is 35.5 Å². The lowest BCUT2D eigenvalue weighted by Gasteiger charge is -2.26. The summed E-state index contributed by atoms with van der Waals surface area (Å²) in [6.07, 6.45) is 1.92. The van der Waals surface area contributed by atoms with Gasteiger partial charge in [-0.05, 0) is 19.1 Å². The number of pyridine rings is 1. The van der Waals surface area contributed by atoms with E-state index in [2.05, 4.69) is 30.7 Å². The Hall–Kier alpha value is -1.47. The zero-order chi connectivity index (χ0) is 18.4. The van der Waals surface area contributed by atoms with Crippen molar-refractivity contribution in [2.45, 2.75) is 13.5 Å². The molecule has 0 unspecified atom stereocenters. The summed E-state index contributed by atoms with van der Waals surface area (Å²) in [5.74, 6) is 1.99. The first-order valence-electron chi connectivity index (χ1n) is 8.81. The largest absolute Gasteiger partial charge is 0.357 e. The maximum atomic E-state index is 11.5. The van der Waals surface area contributed by atoms with Crippen LogP contribution >= 0.6 is 24.0 Å². The van der Waals surface area contributed by atoms with Crippen molar-refractivity contribution in [3.05, 3.63) is 30.2 Å². The van der Waals surface area contributed by atoms with E-state index in [9.17, 15) is 8.42 Å². The molecule has 0 aliphatic carbocycles. The van der Waals surface area contributed by atoms with Crippen LogP contribution in [-0.4, -0.2) is 78.1 Å². The maximum Gasteiger partial charge on any atom is 0.191 e. The number of aromatic nitrogens is 3. The minimum atomic E-state index is -2.83. The fourth-order valence-electron chi connectivity index (χ4n) is 2.80. The summed E-state index contributed by atoms with van der Waals surface area (Å²) >= 11 is 0. The van der Waals surface area contributed by atoms with Crippen molar-refractivity contribution in [1.29, 1.82) is 0 Å². The summed E-state index contributed by atoms with van der Waals surface area (Å²) in [5, 5.41) is 14.8. The number of guanidine groups is 1. The molecule has 11 heteroatoms. The molecule has 3 rings (SSSR count). The molecule has 0 radical (unpaired) electrons. The van der Waals surface area contributed by atoms with E-state index in [4.69, 9.17) is 0 Å². The Labute approximate surface area is 176 Å². The highest BCUT2D eigenvalue weighted by Crippen LogP contribution is 2.04. The number of halogens is 1. The predicted molar refractivity (Wildman–Crippen MR) is 116 cm³/mol. The number of hydrogen-bond acceptors (Lipinski definition) is 6. The molecule has 1 fully saturated rings. The Kier molecular flexibility index (Phi) is 8.23. The first-order chi connectivity index (χ1) is 12.6. The molecule has 0 amide bonds. The van der Waals surface area contributed by atoms with Gasteiger partial charge in [-0.3, -0.25) is 9.30 Å². The molecule has 0 spiro atoms. The number of nitrogens with one attached hydrogen (secondary N) is 2. The van der Waals surface area contributed by atoms with E-state index in [1.807, 2.05) is 35.7 Å². The Morgan fingerprint density at radius 1 is 1.22 bits per heavy atom. The molecular formula is C16H26IN7O2S. The molecule has 0 bridgehead atoms. The SMILES string of the molecule is CCNC(=NCc1nnc2ccccn12)NCCN1CCS(=O)(=O)CC1.I. The van der Waals surface area contributed by atoms with Crippen LogP contribution in [0.4, 0.5) is 0 Å². The number of rotatable bonds is 6. The van der Waals surface area contributed by atoms with Gasteiger partial charge in [0.1, 0.15) is 6.54 Å². The average Bonchev–Trinajstić information content (AvgIpc) is 3.04. The van der Waals surface area contributed by atoms with Crippen molar-refractivity contribution in [3.8, 4) is 0 Å². The van der Waals surface area contributed by atoms with Gasteiger partial charge in [0.15, 0.2) is 27.3 Å². The van der Waals surface area contributed by atoms with Crippen LogP contribution in [0.2, 0.25) is 0 Å². The number of nitrogens with zero attached hydrogens (tertiary/aromatic N) is 5. The van der Waals surface area contributed by atoms with Crippen molar-refractivity contribution in [2.24, 2.45) is 4.99 Å². The smallest absolute Gasteiger partial charge is 0.191 e. The van der Waals surface area contributed by atoms with E-state index in [0.717, 1.165) is 24.6 Å². The molecule has 1 aliphatic heterocycles. The third-order valence-electron chi connectivity index (χ3n) is 4.26. The van der Waals surface area contributed by atoms with Crippen LogP contribution in [-0.2, 0) is 16.4 Å². The second kappa shape index (κ2) is 10.2. The fraction of sp³-hybridized carbons (Fsp3) is 0.562. The predicted octanol–water partition coefficient (Wildman–Crippen LogP) is 0.133. The quantitative estimate of drug-likeness (QED) is 0.326. The maximum absolute atomic E-state index is 11.5. The van der Waals surface area contributed by atoms with Gasteiger partial charge in [0.2, 0.25) is 0 Å². The fourth-order valence-corrected chi connectivity index (χ4v) is 4.07. The van der Waals surface area contributed by atoms with Gasteiger partial charge in [-0.2, -0.15) is 0 Å². The normalized spacial score (nSPS) is 17.4. The molecule has 2 aromatic heterocycles. The Morgan fingerprint density at radius 3 is 2.74 bits per heavy atom. The third-order valence-corrected chi connectivity index (χ3v) is 5.87. The van der Waals surface area contributed by atoms with Gasteiger partial charge in [0.05, 0.1) is 11.5 Å². The second-order valence-electron chi connectivity index (χ2n) is 6.16. The average molecular weight is 507 g/mol. The number of hydrogen-bond donors (Lipinski definition) is 2. The van der Waals surface area contributed by atoms with Crippen LogP contribution in [0.5, 0.6) is 0 Å². The van der Waals surface area contributed by atoms with Crippen LogP contribution in [0.1, 0.15) is 12.7 Å². The molecule has 1 aliphatic rings. The summed E-state index contributed by atoms with van der Waals surface area (Å²) in [5.41, 5.74) is 0.802. The van der Waals surface area contributed by atoms with Crippen molar-refractivity contribution in [3.63, 3.8) is 0 Å². The highest BCUT2D eigenvalue weighted by Gasteiger charge is 2.20. The minimum Gasteiger partial charge on any atom is -0.357 e. The van der Waals surface area contributed by atoms with Crippen molar-refractivity contribution >= 4 is 45.4 Å². The Bertz CT molecular complexity index is 855. The van der Waals surface area contributed by atoms with Gasteiger partial charge >= 0.3 is 0 Å². The number of fused-ring (bicyclic) bond motifs is 1. The minimum absolute atomic E-state index is 0. The van der Waals surface area contributed by atoms with Crippen molar-refractivity contribution < 1.29 is 8.42 Å². The van der Waals surface area contributed by atoms with Gasteiger partial charge in [0.25, 0.3) is 0 Å². The summed E-state index contributed by atoms with van der Waals surface area (Å²) in [4.78, 5) is 6.72. The van der Waals surface area contributed by atoms with E-state index >= 15 is 0 Å². The zero-order valence-corrected chi connectivity index (χ0v) is 18.5. The Balaban J connectivity index is 0.00000261. The van der Waals surface area contributed by atoms with E-state index < -0.39 is 9.84 Å². The van der Waals surface area contributed by atoms with Crippen LogP contribution in [0, 0.1) is 0 Å². The number of aliphatic imine (C=N–C) groups is 1. The monoisotopic (exact) mass is 507 g/mol. The summed E-state index contributed by atoms with van der Waals surface area (Å²) in [6.45, 7) is 5.88.